The first-order valence-electron chi connectivity index (χ1n) is 7.25. The Bertz CT molecular complexity index is 431. The molecule has 1 amide bonds. The molecular formula is C16H27N3O. The topological polar surface area (TPSA) is 58.4 Å². The molecule has 20 heavy (non-hydrogen) atoms. The maximum atomic E-state index is 12.1. The smallest absolute Gasteiger partial charge is 0.227 e. The van der Waals surface area contributed by atoms with E-state index < -0.39 is 0 Å². The van der Waals surface area contributed by atoms with Gasteiger partial charge in [-0.15, -0.1) is 0 Å². The molecule has 1 aromatic rings. The summed E-state index contributed by atoms with van der Waals surface area (Å²) in [7, 11) is 2.10. The van der Waals surface area contributed by atoms with Crippen molar-refractivity contribution in [3.63, 3.8) is 0 Å². The number of nitrogens with one attached hydrogen (secondary N) is 1. The molecule has 0 saturated carbocycles. The molecule has 0 bridgehead atoms. The molecule has 4 heteroatoms. The lowest BCUT2D eigenvalue weighted by Gasteiger charge is -2.21. The summed E-state index contributed by atoms with van der Waals surface area (Å²) in [4.78, 5) is 14.3. The number of carbonyl (C=O) groups is 1. The number of hydrogen-bond donors (Lipinski definition) is 2. The molecule has 1 atom stereocenters. The van der Waals surface area contributed by atoms with Crippen molar-refractivity contribution in [3.05, 3.63) is 29.8 Å². The number of nitrogen functional groups attached to an aromatic ring is 1. The van der Waals surface area contributed by atoms with Gasteiger partial charge in [-0.3, -0.25) is 4.79 Å². The molecule has 0 aliphatic heterocycles. The molecule has 0 aliphatic rings. The lowest BCUT2D eigenvalue weighted by atomic mass is 10.00. The fourth-order valence-electron chi connectivity index (χ4n) is 1.93. The summed E-state index contributed by atoms with van der Waals surface area (Å²) in [6, 6.07) is 8.04. The summed E-state index contributed by atoms with van der Waals surface area (Å²) in [5.41, 5.74) is 7.40. The summed E-state index contributed by atoms with van der Waals surface area (Å²) in [6.07, 6.45) is 0.962. The number of anilines is 1. The van der Waals surface area contributed by atoms with E-state index in [-0.39, 0.29) is 11.8 Å². The second kappa shape index (κ2) is 7.90. The Morgan fingerprint density at radius 1 is 1.35 bits per heavy atom. The first kappa shape index (κ1) is 16.5. The van der Waals surface area contributed by atoms with Crippen LogP contribution in [-0.4, -0.2) is 37.0 Å². The standard InChI is InChI=1S/C16H27N3O/c1-12(2)19(4)10-6-9-18-16(20)13(3)14-7-5-8-15(17)11-14/h5,7-8,11-13H,6,9-10,17H2,1-4H3,(H,18,20). The zero-order valence-electron chi connectivity index (χ0n) is 13.0. The fraction of sp³-hybridized carbons (Fsp3) is 0.562. The minimum Gasteiger partial charge on any atom is -0.399 e. The van der Waals surface area contributed by atoms with Gasteiger partial charge in [0.15, 0.2) is 0 Å². The van der Waals surface area contributed by atoms with E-state index in [4.69, 9.17) is 5.73 Å². The van der Waals surface area contributed by atoms with E-state index >= 15 is 0 Å². The van der Waals surface area contributed by atoms with Gasteiger partial charge in [-0.25, -0.2) is 0 Å². The maximum absolute atomic E-state index is 12.1. The van der Waals surface area contributed by atoms with Gasteiger partial charge in [0, 0.05) is 18.3 Å². The third kappa shape index (κ3) is 5.21. The highest BCUT2D eigenvalue weighted by molar-refractivity contribution is 5.83. The van der Waals surface area contributed by atoms with Crippen molar-refractivity contribution in [2.24, 2.45) is 0 Å². The Kier molecular flexibility index (Phi) is 6.52. The Labute approximate surface area is 122 Å². The first-order valence-corrected chi connectivity index (χ1v) is 7.25. The van der Waals surface area contributed by atoms with Crippen molar-refractivity contribution >= 4 is 11.6 Å². The Morgan fingerprint density at radius 2 is 2.05 bits per heavy atom. The van der Waals surface area contributed by atoms with Gasteiger partial charge in [-0.05, 0) is 58.5 Å². The van der Waals surface area contributed by atoms with Gasteiger partial charge in [-0.2, -0.15) is 0 Å². The summed E-state index contributed by atoms with van der Waals surface area (Å²) in [5.74, 6) is -0.107. The van der Waals surface area contributed by atoms with Gasteiger partial charge in [0.25, 0.3) is 0 Å². The third-order valence-electron chi connectivity index (χ3n) is 3.67. The largest absolute Gasteiger partial charge is 0.399 e. The van der Waals surface area contributed by atoms with Crippen molar-refractivity contribution in [2.45, 2.75) is 39.2 Å². The molecule has 4 nitrogen and oxygen atoms in total. The zero-order valence-corrected chi connectivity index (χ0v) is 13.0. The van der Waals surface area contributed by atoms with Crippen LogP contribution in [0.1, 0.15) is 38.7 Å². The van der Waals surface area contributed by atoms with E-state index in [9.17, 15) is 4.79 Å². The maximum Gasteiger partial charge on any atom is 0.227 e. The average molecular weight is 277 g/mol. The second-order valence-corrected chi connectivity index (χ2v) is 5.61. The van der Waals surface area contributed by atoms with Crippen molar-refractivity contribution in [1.82, 2.24) is 10.2 Å². The van der Waals surface area contributed by atoms with Crippen molar-refractivity contribution in [3.8, 4) is 0 Å². The van der Waals surface area contributed by atoms with Crippen LogP contribution in [0.5, 0.6) is 0 Å². The van der Waals surface area contributed by atoms with Gasteiger partial charge in [0.05, 0.1) is 5.92 Å². The number of carbonyl (C=O) groups excluding carboxylic acids is 1. The lowest BCUT2D eigenvalue weighted by molar-refractivity contribution is -0.122. The van der Waals surface area contributed by atoms with Crippen molar-refractivity contribution < 1.29 is 4.79 Å². The average Bonchev–Trinajstić information content (AvgIpc) is 2.42. The third-order valence-corrected chi connectivity index (χ3v) is 3.67. The van der Waals surface area contributed by atoms with Gasteiger partial charge in [0.2, 0.25) is 5.91 Å². The molecule has 0 aromatic heterocycles. The van der Waals surface area contributed by atoms with E-state index in [2.05, 4.69) is 31.1 Å². The molecule has 112 valence electrons. The predicted molar refractivity (Wildman–Crippen MR) is 84.7 cm³/mol. The lowest BCUT2D eigenvalue weighted by Crippen LogP contribution is -2.33. The van der Waals surface area contributed by atoms with Gasteiger partial charge in [-0.1, -0.05) is 12.1 Å². The number of hydrogen-bond acceptors (Lipinski definition) is 3. The van der Waals surface area contributed by atoms with Gasteiger partial charge >= 0.3 is 0 Å². The molecule has 0 radical (unpaired) electrons. The minimum atomic E-state index is -0.165. The van der Waals surface area contributed by atoms with Crippen molar-refractivity contribution in [1.29, 1.82) is 0 Å². The van der Waals surface area contributed by atoms with Crippen LogP contribution in [0.4, 0.5) is 5.69 Å². The number of nitrogens with zero attached hydrogens (tertiary/aromatic N) is 1. The quantitative estimate of drug-likeness (QED) is 0.593. The molecule has 0 heterocycles. The van der Waals surface area contributed by atoms with Crippen LogP contribution in [-0.2, 0) is 4.79 Å². The summed E-state index contributed by atoms with van der Waals surface area (Å²) in [5, 5.41) is 2.99. The molecule has 0 spiro atoms. The van der Waals surface area contributed by atoms with E-state index in [0.717, 1.165) is 18.5 Å². The van der Waals surface area contributed by atoms with Crippen LogP contribution in [0, 0.1) is 0 Å². The van der Waals surface area contributed by atoms with Crippen LogP contribution in [0.15, 0.2) is 24.3 Å². The Hall–Kier alpha value is -1.55. The fourth-order valence-corrected chi connectivity index (χ4v) is 1.93. The predicted octanol–water partition coefficient (Wildman–Crippen LogP) is 2.22. The second-order valence-electron chi connectivity index (χ2n) is 5.61. The Balaban J connectivity index is 2.36. The van der Waals surface area contributed by atoms with Crippen LogP contribution >= 0.6 is 0 Å². The summed E-state index contributed by atoms with van der Waals surface area (Å²) >= 11 is 0. The highest BCUT2D eigenvalue weighted by Gasteiger charge is 2.14. The van der Waals surface area contributed by atoms with E-state index in [0.29, 0.717) is 18.3 Å². The first-order chi connectivity index (χ1) is 9.41. The molecular weight excluding hydrogens is 250 g/mol. The highest BCUT2D eigenvalue weighted by atomic mass is 16.1. The molecule has 1 aromatic carbocycles. The molecule has 0 aliphatic carbocycles. The Morgan fingerprint density at radius 3 is 2.65 bits per heavy atom. The zero-order chi connectivity index (χ0) is 15.1. The number of benzene rings is 1. The SMILES string of the molecule is CC(C(=O)NCCCN(C)C(C)C)c1cccc(N)c1. The molecule has 3 N–H and O–H groups in total. The number of amides is 1. The summed E-state index contributed by atoms with van der Waals surface area (Å²) < 4.78 is 0. The van der Waals surface area contributed by atoms with Crippen LogP contribution in [0.3, 0.4) is 0 Å². The van der Waals surface area contributed by atoms with Gasteiger partial charge in [0.1, 0.15) is 0 Å². The van der Waals surface area contributed by atoms with E-state index in [1.54, 1.807) is 0 Å². The molecule has 0 saturated heterocycles. The normalized spacial score (nSPS) is 12.7. The highest BCUT2D eigenvalue weighted by Crippen LogP contribution is 2.17. The number of rotatable bonds is 7. The molecule has 1 rings (SSSR count). The van der Waals surface area contributed by atoms with Crippen LogP contribution in [0.2, 0.25) is 0 Å². The van der Waals surface area contributed by atoms with E-state index in [1.165, 1.54) is 0 Å². The van der Waals surface area contributed by atoms with Crippen molar-refractivity contribution in [2.75, 3.05) is 25.9 Å². The van der Waals surface area contributed by atoms with Crippen LogP contribution in [0.25, 0.3) is 0 Å². The number of nitrogens with two attached hydrogens (primary N) is 1. The van der Waals surface area contributed by atoms with E-state index in [1.807, 2.05) is 31.2 Å². The minimum absolute atomic E-state index is 0.0581. The molecule has 0 fully saturated rings. The monoisotopic (exact) mass is 277 g/mol. The van der Waals surface area contributed by atoms with Crippen LogP contribution < -0.4 is 11.1 Å². The van der Waals surface area contributed by atoms with Gasteiger partial charge < -0.3 is 16.0 Å². The summed E-state index contributed by atoms with van der Waals surface area (Å²) in [6.45, 7) is 7.94. The molecule has 1 unspecified atom stereocenters.